The average Bonchev–Trinajstić information content (AvgIpc) is 2.50. The van der Waals surface area contributed by atoms with E-state index < -0.39 is 0 Å². The van der Waals surface area contributed by atoms with Crippen LogP contribution in [-0.4, -0.2) is 23.5 Å². The minimum atomic E-state index is -0.122. The van der Waals surface area contributed by atoms with Crippen molar-refractivity contribution in [3.05, 3.63) is 5.89 Å². The lowest BCUT2D eigenvalue weighted by Gasteiger charge is -2.00. The quantitative estimate of drug-likeness (QED) is 0.650. The first kappa shape index (κ1) is 8.55. The Morgan fingerprint density at radius 2 is 2.36 bits per heavy atom. The Morgan fingerprint density at radius 3 is 2.82 bits per heavy atom. The maximum atomic E-state index is 4.99. The molecule has 0 fully saturated rings. The second-order valence-corrected chi connectivity index (χ2v) is 2.77. The lowest BCUT2D eigenvalue weighted by atomic mass is 10.4. The summed E-state index contributed by atoms with van der Waals surface area (Å²) in [6, 6.07) is 0. The van der Waals surface area contributed by atoms with Gasteiger partial charge >= 0.3 is 0 Å². The summed E-state index contributed by atoms with van der Waals surface area (Å²) < 4.78 is 9.89. The van der Waals surface area contributed by atoms with Crippen LogP contribution >= 0.6 is 11.8 Å². The summed E-state index contributed by atoms with van der Waals surface area (Å²) in [4.78, 5) is 4.06. The van der Waals surface area contributed by atoms with E-state index >= 15 is 0 Å². The van der Waals surface area contributed by atoms with Gasteiger partial charge in [0.1, 0.15) is 6.10 Å². The van der Waals surface area contributed by atoms with Crippen LogP contribution in [0.1, 0.15) is 18.9 Å². The van der Waals surface area contributed by atoms with Crippen molar-refractivity contribution in [2.45, 2.75) is 18.2 Å². The van der Waals surface area contributed by atoms with Gasteiger partial charge in [0.15, 0.2) is 0 Å². The minimum absolute atomic E-state index is 0.122. The molecule has 11 heavy (non-hydrogen) atoms. The van der Waals surface area contributed by atoms with E-state index in [1.165, 1.54) is 11.8 Å². The van der Waals surface area contributed by atoms with Crippen LogP contribution in [0.2, 0.25) is 0 Å². The monoisotopic (exact) mass is 174 g/mol. The summed E-state index contributed by atoms with van der Waals surface area (Å²) in [7, 11) is 1.60. The first-order chi connectivity index (χ1) is 5.27. The third-order valence-electron chi connectivity index (χ3n) is 1.31. The molecule has 1 aromatic heterocycles. The summed E-state index contributed by atoms with van der Waals surface area (Å²) >= 11 is 1.45. The normalized spacial score (nSPS) is 13.4. The third kappa shape index (κ3) is 1.94. The van der Waals surface area contributed by atoms with E-state index in [9.17, 15) is 0 Å². The van der Waals surface area contributed by atoms with E-state index in [1.54, 1.807) is 7.11 Å². The third-order valence-corrected chi connectivity index (χ3v) is 1.84. The number of ether oxygens (including phenoxy) is 1. The lowest BCUT2D eigenvalue weighted by molar-refractivity contribution is 0.0886. The summed E-state index contributed by atoms with van der Waals surface area (Å²) in [6.45, 7) is 1.86. The van der Waals surface area contributed by atoms with Gasteiger partial charge in [0.25, 0.3) is 5.89 Å². The first-order valence-electron chi connectivity index (χ1n) is 3.18. The van der Waals surface area contributed by atoms with Crippen LogP contribution < -0.4 is 0 Å². The van der Waals surface area contributed by atoms with Crippen LogP contribution in [0.4, 0.5) is 0 Å². The molecule has 1 heterocycles. The van der Waals surface area contributed by atoms with Crippen molar-refractivity contribution < 1.29 is 9.26 Å². The smallest absolute Gasteiger partial charge is 0.256 e. The van der Waals surface area contributed by atoms with Crippen molar-refractivity contribution in [3.63, 3.8) is 0 Å². The number of hydrogen-bond donors (Lipinski definition) is 0. The zero-order chi connectivity index (χ0) is 8.27. The molecule has 0 spiro atoms. The number of nitrogens with zero attached hydrogens (tertiary/aromatic N) is 2. The van der Waals surface area contributed by atoms with Crippen LogP contribution in [0.15, 0.2) is 9.68 Å². The fourth-order valence-electron chi connectivity index (χ4n) is 0.570. The molecule has 0 radical (unpaired) electrons. The summed E-state index contributed by atoms with van der Waals surface area (Å²) in [5, 5.41) is 4.34. The van der Waals surface area contributed by atoms with Crippen LogP contribution in [0.3, 0.4) is 0 Å². The van der Waals surface area contributed by atoms with Crippen molar-refractivity contribution in [2.24, 2.45) is 0 Å². The van der Waals surface area contributed by atoms with Crippen LogP contribution in [0, 0.1) is 0 Å². The van der Waals surface area contributed by atoms with E-state index in [4.69, 9.17) is 9.26 Å². The van der Waals surface area contributed by atoms with Gasteiger partial charge in [0.2, 0.25) is 5.16 Å². The van der Waals surface area contributed by atoms with Gasteiger partial charge in [-0.3, -0.25) is 0 Å². The highest BCUT2D eigenvalue weighted by molar-refractivity contribution is 7.98. The van der Waals surface area contributed by atoms with E-state index in [1.807, 2.05) is 13.2 Å². The first-order valence-corrected chi connectivity index (χ1v) is 4.40. The Bertz CT molecular complexity index is 226. The zero-order valence-electron chi connectivity index (χ0n) is 6.70. The van der Waals surface area contributed by atoms with Crippen molar-refractivity contribution in [3.8, 4) is 0 Å². The molecule has 1 rings (SSSR count). The molecule has 1 unspecified atom stereocenters. The topological polar surface area (TPSA) is 48.2 Å². The second-order valence-electron chi connectivity index (χ2n) is 2.00. The molecule has 5 heteroatoms. The van der Waals surface area contributed by atoms with Gasteiger partial charge in [-0.25, -0.2) is 0 Å². The molecule has 0 N–H and O–H groups in total. The Hall–Kier alpha value is -0.550. The number of aromatic nitrogens is 2. The molecule has 1 aromatic rings. The largest absolute Gasteiger partial charge is 0.372 e. The van der Waals surface area contributed by atoms with E-state index in [0.29, 0.717) is 11.0 Å². The Balaban J connectivity index is 2.71. The molecule has 0 saturated carbocycles. The highest BCUT2D eigenvalue weighted by Crippen LogP contribution is 2.16. The molecule has 0 aliphatic carbocycles. The van der Waals surface area contributed by atoms with Crippen molar-refractivity contribution in [1.29, 1.82) is 0 Å². The standard InChI is InChI=1S/C6H10N2O2S/c1-4(9-2)5-7-6(11-3)8-10-5/h4H,1-3H3. The molecule has 4 nitrogen and oxygen atoms in total. The fraction of sp³-hybridized carbons (Fsp3) is 0.667. The van der Waals surface area contributed by atoms with E-state index in [0.717, 1.165) is 0 Å². The van der Waals surface area contributed by atoms with Crippen LogP contribution in [-0.2, 0) is 4.74 Å². The maximum Gasteiger partial charge on any atom is 0.256 e. The second kappa shape index (κ2) is 3.73. The van der Waals surface area contributed by atoms with Crippen molar-refractivity contribution in [2.75, 3.05) is 13.4 Å². The molecule has 0 bridgehead atoms. The van der Waals surface area contributed by atoms with E-state index in [-0.39, 0.29) is 6.10 Å². The molecular formula is C6H10N2O2S. The van der Waals surface area contributed by atoms with Gasteiger partial charge < -0.3 is 9.26 Å². The number of hydrogen-bond acceptors (Lipinski definition) is 5. The summed E-state index contributed by atoms with van der Waals surface area (Å²) in [5.41, 5.74) is 0. The van der Waals surface area contributed by atoms with Gasteiger partial charge in [-0.2, -0.15) is 4.98 Å². The van der Waals surface area contributed by atoms with Crippen LogP contribution in [0.25, 0.3) is 0 Å². The molecule has 0 aliphatic heterocycles. The average molecular weight is 174 g/mol. The zero-order valence-corrected chi connectivity index (χ0v) is 7.51. The summed E-state index contributed by atoms with van der Waals surface area (Å²) in [5.74, 6) is 0.525. The van der Waals surface area contributed by atoms with Gasteiger partial charge in [-0.15, -0.1) is 0 Å². The number of rotatable bonds is 3. The predicted octanol–water partition coefficient (Wildman–Crippen LogP) is 1.50. The van der Waals surface area contributed by atoms with Gasteiger partial charge in [0.05, 0.1) is 0 Å². The molecule has 1 atom stereocenters. The number of thioether (sulfide) groups is 1. The predicted molar refractivity (Wildman–Crippen MR) is 41.5 cm³/mol. The molecule has 62 valence electrons. The molecule has 0 amide bonds. The SMILES string of the molecule is COC(C)c1nc(SC)no1. The van der Waals surface area contributed by atoms with Gasteiger partial charge in [0, 0.05) is 7.11 Å². The number of methoxy groups -OCH3 is 1. The molecular weight excluding hydrogens is 164 g/mol. The minimum Gasteiger partial charge on any atom is -0.372 e. The highest BCUT2D eigenvalue weighted by atomic mass is 32.2. The van der Waals surface area contributed by atoms with Crippen LogP contribution in [0.5, 0.6) is 0 Å². The van der Waals surface area contributed by atoms with Crippen molar-refractivity contribution in [1.82, 2.24) is 10.1 Å². The lowest BCUT2D eigenvalue weighted by Crippen LogP contribution is -1.95. The molecule has 0 aliphatic rings. The van der Waals surface area contributed by atoms with Crippen molar-refractivity contribution >= 4 is 11.8 Å². The summed E-state index contributed by atoms with van der Waals surface area (Å²) in [6.07, 6.45) is 1.77. The fourth-order valence-corrected chi connectivity index (χ4v) is 0.863. The van der Waals surface area contributed by atoms with Gasteiger partial charge in [-0.05, 0) is 13.2 Å². The van der Waals surface area contributed by atoms with E-state index in [2.05, 4.69) is 10.1 Å². The van der Waals surface area contributed by atoms with Gasteiger partial charge in [-0.1, -0.05) is 16.9 Å². The highest BCUT2D eigenvalue weighted by Gasteiger charge is 2.11. The Labute approximate surface area is 69.3 Å². The maximum absolute atomic E-state index is 4.99. The molecule has 0 saturated heterocycles. The molecule has 0 aromatic carbocycles. The Morgan fingerprint density at radius 1 is 1.64 bits per heavy atom. The Kier molecular flexibility index (Phi) is 2.90.